The van der Waals surface area contributed by atoms with E-state index in [0.717, 1.165) is 0 Å². The molecule has 2 aromatic carbocycles. The lowest BCUT2D eigenvalue weighted by atomic mass is 10.1. The van der Waals surface area contributed by atoms with Gasteiger partial charge in [-0.05, 0) is 25.1 Å². The van der Waals surface area contributed by atoms with Crippen LogP contribution < -0.4 is 10.4 Å². The van der Waals surface area contributed by atoms with E-state index in [1.165, 1.54) is 18.2 Å². The molecule has 0 atom stereocenters. The SMILES string of the molecule is CCOc1cccc2cc(-c3nc4ccc([N+](=O)[O-])cc4[nH]3)c(=O)oc12. The summed E-state index contributed by atoms with van der Waals surface area (Å²) in [6.45, 7) is 2.30. The van der Waals surface area contributed by atoms with Gasteiger partial charge < -0.3 is 14.1 Å². The van der Waals surface area contributed by atoms with Crippen LogP contribution in [0.25, 0.3) is 33.4 Å². The highest BCUT2D eigenvalue weighted by atomic mass is 16.6. The summed E-state index contributed by atoms with van der Waals surface area (Å²) in [5, 5.41) is 11.6. The smallest absolute Gasteiger partial charge is 0.347 e. The summed E-state index contributed by atoms with van der Waals surface area (Å²) in [7, 11) is 0. The van der Waals surface area contributed by atoms with Crippen LogP contribution in [0.15, 0.2) is 51.7 Å². The molecular formula is C18H13N3O5. The molecule has 2 heterocycles. The van der Waals surface area contributed by atoms with E-state index >= 15 is 0 Å². The summed E-state index contributed by atoms with van der Waals surface area (Å²) in [6.07, 6.45) is 0. The standard InChI is InChI=1S/C18H13N3O5/c1-2-25-15-5-3-4-10-8-12(18(22)26-16(10)15)17-19-13-7-6-11(21(23)24)9-14(13)20-17/h3-9H,2H2,1H3,(H,19,20). The molecule has 2 aromatic heterocycles. The van der Waals surface area contributed by atoms with Crippen molar-refractivity contribution in [2.24, 2.45) is 0 Å². The second-order valence-electron chi connectivity index (χ2n) is 5.60. The number of non-ortho nitro benzene ring substituents is 1. The topological polar surface area (TPSA) is 111 Å². The number of hydrogen-bond acceptors (Lipinski definition) is 6. The number of ether oxygens (including phenoxy) is 1. The summed E-state index contributed by atoms with van der Waals surface area (Å²) in [6, 6.07) is 11.3. The van der Waals surface area contributed by atoms with E-state index < -0.39 is 10.5 Å². The first-order valence-corrected chi connectivity index (χ1v) is 7.91. The Bertz CT molecular complexity index is 1210. The number of nitrogens with zero attached hydrogens (tertiary/aromatic N) is 2. The predicted molar refractivity (Wildman–Crippen MR) is 95.4 cm³/mol. The number of hydrogen-bond donors (Lipinski definition) is 1. The number of nitro benzene ring substituents is 1. The molecule has 8 heteroatoms. The Hall–Kier alpha value is -3.68. The van der Waals surface area contributed by atoms with Gasteiger partial charge in [0.25, 0.3) is 5.69 Å². The molecule has 0 fully saturated rings. The van der Waals surface area contributed by atoms with Gasteiger partial charge in [-0.3, -0.25) is 10.1 Å². The molecule has 0 spiro atoms. The Labute approximate surface area is 146 Å². The molecule has 0 radical (unpaired) electrons. The maximum absolute atomic E-state index is 12.5. The van der Waals surface area contributed by atoms with Crippen LogP contribution in [0.3, 0.4) is 0 Å². The highest BCUT2D eigenvalue weighted by Crippen LogP contribution is 2.28. The van der Waals surface area contributed by atoms with Gasteiger partial charge in [-0.2, -0.15) is 0 Å². The van der Waals surface area contributed by atoms with Crippen LogP contribution in [0.5, 0.6) is 5.75 Å². The molecule has 0 saturated carbocycles. The van der Waals surface area contributed by atoms with Gasteiger partial charge >= 0.3 is 5.63 Å². The van der Waals surface area contributed by atoms with Crippen molar-refractivity contribution in [1.29, 1.82) is 0 Å². The minimum Gasteiger partial charge on any atom is -0.490 e. The zero-order chi connectivity index (χ0) is 18.3. The van der Waals surface area contributed by atoms with E-state index in [4.69, 9.17) is 9.15 Å². The summed E-state index contributed by atoms with van der Waals surface area (Å²) in [5.74, 6) is 0.784. The third kappa shape index (κ3) is 2.57. The fourth-order valence-corrected chi connectivity index (χ4v) is 2.79. The molecule has 0 aliphatic carbocycles. The number of imidazole rings is 1. The fourth-order valence-electron chi connectivity index (χ4n) is 2.79. The predicted octanol–water partition coefficient (Wildman–Crippen LogP) is 3.64. The summed E-state index contributed by atoms with van der Waals surface area (Å²) >= 11 is 0. The van der Waals surface area contributed by atoms with Gasteiger partial charge in [0.2, 0.25) is 0 Å². The maximum Gasteiger partial charge on any atom is 0.347 e. The van der Waals surface area contributed by atoms with Crippen LogP contribution in [0.1, 0.15) is 6.92 Å². The Kier molecular flexibility index (Phi) is 3.65. The first kappa shape index (κ1) is 15.8. The van der Waals surface area contributed by atoms with Gasteiger partial charge in [0.05, 0.1) is 22.6 Å². The lowest BCUT2D eigenvalue weighted by Gasteiger charge is -2.06. The van der Waals surface area contributed by atoms with Crippen molar-refractivity contribution < 1.29 is 14.1 Å². The normalized spacial score (nSPS) is 11.1. The van der Waals surface area contributed by atoms with Gasteiger partial charge in [0.1, 0.15) is 11.4 Å². The Morgan fingerprint density at radius 3 is 2.88 bits per heavy atom. The lowest BCUT2D eigenvalue weighted by molar-refractivity contribution is -0.384. The van der Waals surface area contributed by atoms with E-state index in [2.05, 4.69) is 9.97 Å². The van der Waals surface area contributed by atoms with Gasteiger partial charge in [-0.1, -0.05) is 12.1 Å². The van der Waals surface area contributed by atoms with Crippen molar-refractivity contribution in [3.05, 3.63) is 63.0 Å². The van der Waals surface area contributed by atoms with E-state index in [-0.39, 0.29) is 17.1 Å². The van der Waals surface area contributed by atoms with Crippen LogP contribution in [0.2, 0.25) is 0 Å². The molecule has 0 unspecified atom stereocenters. The van der Waals surface area contributed by atoms with Crippen LogP contribution in [-0.2, 0) is 0 Å². The van der Waals surface area contributed by atoms with Gasteiger partial charge in [-0.25, -0.2) is 9.78 Å². The van der Waals surface area contributed by atoms with Gasteiger partial charge in [0, 0.05) is 17.5 Å². The Morgan fingerprint density at radius 1 is 1.27 bits per heavy atom. The maximum atomic E-state index is 12.5. The second kappa shape index (κ2) is 5.99. The Morgan fingerprint density at radius 2 is 2.12 bits per heavy atom. The molecule has 0 aliphatic rings. The van der Waals surface area contributed by atoms with E-state index in [1.54, 1.807) is 24.3 Å². The van der Waals surface area contributed by atoms with Crippen LogP contribution in [0.4, 0.5) is 5.69 Å². The minimum absolute atomic E-state index is 0.0559. The van der Waals surface area contributed by atoms with Crippen molar-refractivity contribution in [1.82, 2.24) is 9.97 Å². The third-order valence-corrected chi connectivity index (χ3v) is 3.96. The van der Waals surface area contributed by atoms with Crippen LogP contribution in [-0.4, -0.2) is 21.5 Å². The van der Waals surface area contributed by atoms with Crippen molar-refractivity contribution in [2.75, 3.05) is 6.61 Å². The highest BCUT2D eigenvalue weighted by molar-refractivity contribution is 5.87. The third-order valence-electron chi connectivity index (χ3n) is 3.96. The number of aromatic nitrogens is 2. The van der Waals surface area contributed by atoms with Crippen LogP contribution >= 0.6 is 0 Å². The molecule has 8 nitrogen and oxygen atoms in total. The van der Waals surface area contributed by atoms with Gasteiger partial charge in [-0.15, -0.1) is 0 Å². The average molecular weight is 351 g/mol. The first-order valence-electron chi connectivity index (χ1n) is 7.91. The second-order valence-corrected chi connectivity index (χ2v) is 5.60. The molecule has 1 N–H and O–H groups in total. The molecule has 4 aromatic rings. The number of benzene rings is 2. The molecule has 4 rings (SSSR count). The van der Waals surface area contributed by atoms with E-state index in [1.807, 2.05) is 6.92 Å². The molecule has 0 bridgehead atoms. The van der Waals surface area contributed by atoms with E-state index in [9.17, 15) is 14.9 Å². The first-order chi connectivity index (χ1) is 12.6. The quantitative estimate of drug-likeness (QED) is 0.341. The number of rotatable bonds is 4. The number of aromatic amines is 1. The zero-order valence-electron chi connectivity index (χ0n) is 13.7. The summed E-state index contributed by atoms with van der Waals surface area (Å²) in [4.78, 5) is 30.2. The molecule has 0 aliphatic heterocycles. The molecule has 0 saturated heterocycles. The van der Waals surface area contributed by atoms with Gasteiger partial charge in [0.15, 0.2) is 11.3 Å². The number of nitrogens with one attached hydrogen (secondary N) is 1. The monoisotopic (exact) mass is 351 g/mol. The van der Waals surface area contributed by atoms with Crippen molar-refractivity contribution >= 4 is 27.7 Å². The summed E-state index contributed by atoms with van der Waals surface area (Å²) < 4.78 is 10.9. The largest absolute Gasteiger partial charge is 0.490 e. The highest BCUT2D eigenvalue weighted by Gasteiger charge is 2.16. The molecule has 0 amide bonds. The van der Waals surface area contributed by atoms with E-state index in [0.29, 0.717) is 34.4 Å². The average Bonchev–Trinajstić information content (AvgIpc) is 3.05. The summed E-state index contributed by atoms with van der Waals surface area (Å²) in [5.41, 5.74) is 0.975. The fraction of sp³-hybridized carbons (Fsp3) is 0.111. The number of para-hydroxylation sites is 1. The lowest BCUT2D eigenvalue weighted by Crippen LogP contribution is -2.04. The van der Waals surface area contributed by atoms with Crippen LogP contribution in [0, 0.1) is 10.1 Å². The van der Waals surface area contributed by atoms with Crippen molar-refractivity contribution in [2.45, 2.75) is 6.92 Å². The number of nitro groups is 1. The van der Waals surface area contributed by atoms with Crippen molar-refractivity contribution in [3.63, 3.8) is 0 Å². The zero-order valence-corrected chi connectivity index (χ0v) is 13.7. The van der Waals surface area contributed by atoms with Crippen molar-refractivity contribution in [3.8, 4) is 17.1 Å². The number of fused-ring (bicyclic) bond motifs is 2. The molecule has 26 heavy (non-hydrogen) atoms. The minimum atomic E-state index is -0.571. The number of H-pyrrole nitrogens is 1. The molecule has 130 valence electrons. The molecular weight excluding hydrogens is 338 g/mol. The Balaban J connectivity index is 1.88.